The maximum atomic E-state index is 12.6. The molecule has 0 saturated heterocycles. The number of rotatable bonds is 7. The lowest BCUT2D eigenvalue weighted by Crippen LogP contribution is -2.34. The van der Waals surface area contributed by atoms with Gasteiger partial charge >= 0.3 is 5.97 Å². The molecule has 0 bridgehead atoms. The summed E-state index contributed by atoms with van der Waals surface area (Å²) >= 11 is 3.42. The summed E-state index contributed by atoms with van der Waals surface area (Å²) in [5.74, 6) is -0.0138. The zero-order valence-corrected chi connectivity index (χ0v) is 13.5. The smallest absolute Gasteiger partial charge is 0.316 e. The molecule has 0 spiro atoms. The first-order valence-corrected chi connectivity index (χ1v) is 8.70. The molecule has 0 amide bonds. The molecule has 1 aromatic rings. The second-order valence-electron chi connectivity index (χ2n) is 5.54. The second-order valence-corrected chi connectivity index (χ2v) is 6.33. The van der Waals surface area contributed by atoms with Crippen LogP contribution in [0.25, 0.3) is 0 Å². The average molecular weight is 339 g/mol. The Morgan fingerprint density at radius 3 is 2.45 bits per heavy atom. The quantitative estimate of drug-likeness (QED) is 0.412. The summed E-state index contributed by atoms with van der Waals surface area (Å²) in [5.41, 5.74) is 0.749. The molecule has 0 radical (unpaired) electrons. The third kappa shape index (κ3) is 3.63. The van der Waals surface area contributed by atoms with Crippen LogP contribution in [0.3, 0.4) is 0 Å². The van der Waals surface area contributed by atoms with Crippen molar-refractivity contribution in [3.8, 4) is 0 Å². The van der Waals surface area contributed by atoms with Crippen LogP contribution in [0.5, 0.6) is 0 Å². The van der Waals surface area contributed by atoms with Crippen molar-refractivity contribution in [3.63, 3.8) is 0 Å². The first-order valence-electron chi connectivity index (χ1n) is 7.58. The number of benzene rings is 1. The molecule has 1 aliphatic rings. The van der Waals surface area contributed by atoms with Crippen LogP contribution in [-0.4, -0.2) is 17.9 Å². The Kier molecular flexibility index (Phi) is 6.08. The zero-order valence-electron chi connectivity index (χ0n) is 11.9. The number of hydrogen-bond acceptors (Lipinski definition) is 2. The van der Waals surface area contributed by atoms with Gasteiger partial charge in [-0.05, 0) is 37.7 Å². The second kappa shape index (κ2) is 7.82. The minimum absolute atomic E-state index is 0.0138. The first kappa shape index (κ1) is 15.6. The number of alkyl halides is 1. The monoisotopic (exact) mass is 338 g/mol. The largest absolute Gasteiger partial charge is 0.465 e. The van der Waals surface area contributed by atoms with Gasteiger partial charge in [0.15, 0.2) is 0 Å². The minimum atomic E-state index is -0.378. The minimum Gasteiger partial charge on any atom is -0.465 e. The van der Waals surface area contributed by atoms with Crippen molar-refractivity contribution in [1.29, 1.82) is 0 Å². The van der Waals surface area contributed by atoms with E-state index in [1.54, 1.807) is 0 Å². The molecule has 20 heavy (non-hydrogen) atoms. The standard InChI is InChI=1S/C17H23BrO2/c18-13-7-2-8-14-20-16(19)17(11-5-6-12-17)15-9-3-1-4-10-15/h1,3-4,9-10H,2,5-8,11-14H2. The molecule has 0 atom stereocenters. The number of carbonyl (C=O) groups excluding carboxylic acids is 1. The fourth-order valence-corrected chi connectivity index (χ4v) is 3.42. The van der Waals surface area contributed by atoms with E-state index >= 15 is 0 Å². The van der Waals surface area contributed by atoms with Crippen LogP contribution in [0.1, 0.15) is 50.5 Å². The van der Waals surface area contributed by atoms with Gasteiger partial charge in [-0.15, -0.1) is 0 Å². The molecule has 1 aliphatic carbocycles. The van der Waals surface area contributed by atoms with E-state index in [-0.39, 0.29) is 11.4 Å². The predicted molar refractivity (Wildman–Crippen MR) is 85.2 cm³/mol. The first-order chi connectivity index (χ1) is 9.79. The third-order valence-electron chi connectivity index (χ3n) is 4.19. The maximum Gasteiger partial charge on any atom is 0.316 e. The lowest BCUT2D eigenvalue weighted by Gasteiger charge is -2.27. The number of esters is 1. The summed E-state index contributed by atoms with van der Waals surface area (Å²) in [4.78, 5) is 12.6. The van der Waals surface area contributed by atoms with E-state index in [2.05, 4.69) is 28.1 Å². The Balaban J connectivity index is 1.96. The van der Waals surface area contributed by atoms with Gasteiger partial charge in [0.2, 0.25) is 0 Å². The molecule has 0 aliphatic heterocycles. The van der Waals surface area contributed by atoms with Crippen LogP contribution >= 0.6 is 15.9 Å². The molecule has 2 nitrogen and oxygen atoms in total. The van der Waals surface area contributed by atoms with Crippen molar-refractivity contribution in [1.82, 2.24) is 0 Å². The molecule has 0 N–H and O–H groups in total. The Morgan fingerprint density at radius 1 is 1.10 bits per heavy atom. The highest BCUT2D eigenvalue weighted by atomic mass is 79.9. The molecule has 3 heteroatoms. The number of ether oxygens (including phenoxy) is 1. The van der Waals surface area contributed by atoms with Gasteiger partial charge < -0.3 is 4.74 Å². The van der Waals surface area contributed by atoms with Gasteiger partial charge in [0.1, 0.15) is 0 Å². The normalized spacial score (nSPS) is 17.1. The van der Waals surface area contributed by atoms with Gasteiger partial charge in [-0.3, -0.25) is 4.79 Å². The highest BCUT2D eigenvalue weighted by Gasteiger charge is 2.43. The van der Waals surface area contributed by atoms with E-state index in [0.29, 0.717) is 6.61 Å². The molecule has 1 fully saturated rings. The highest BCUT2D eigenvalue weighted by molar-refractivity contribution is 9.09. The van der Waals surface area contributed by atoms with Crippen molar-refractivity contribution < 1.29 is 9.53 Å². The van der Waals surface area contributed by atoms with E-state index in [4.69, 9.17) is 4.74 Å². The molecule has 110 valence electrons. The van der Waals surface area contributed by atoms with Crippen LogP contribution < -0.4 is 0 Å². The van der Waals surface area contributed by atoms with Crippen molar-refractivity contribution in [2.24, 2.45) is 0 Å². The lowest BCUT2D eigenvalue weighted by atomic mass is 9.79. The Bertz CT molecular complexity index is 410. The summed E-state index contributed by atoms with van der Waals surface area (Å²) in [6, 6.07) is 10.2. The topological polar surface area (TPSA) is 26.3 Å². The summed E-state index contributed by atoms with van der Waals surface area (Å²) in [6.07, 6.45) is 7.30. The van der Waals surface area contributed by atoms with Crippen LogP contribution in [0.4, 0.5) is 0 Å². The molecular formula is C17H23BrO2. The van der Waals surface area contributed by atoms with Crippen molar-refractivity contribution in [3.05, 3.63) is 35.9 Å². The Morgan fingerprint density at radius 2 is 1.80 bits per heavy atom. The highest BCUT2D eigenvalue weighted by Crippen LogP contribution is 2.42. The fraction of sp³-hybridized carbons (Fsp3) is 0.588. The molecule has 1 aromatic carbocycles. The van der Waals surface area contributed by atoms with Crippen molar-refractivity contribution in [2.45, 2.75) is 50.4 Å². The predicted octanol–water partition coefficient (Wildman–Crippen LogP) is 4.61. The van der Waals surface area contributed by atoms with Gasteiger partial charge in [0.25, 0.3) is 0 Å². The van der Waals surface area contributed by atoms with E-state index < -0.39 is 0 Å². The number of halogens is 1. The van der Waals surface area contributed by atoms with E-state index in [1.165, 1.54) is 0 Å². The summed E-state index contributed by atoms with van der Waals surface area (Å²) < 4.78 is 5.58. The maximum absolute atomic E-state index is 12.6. The summed E-state index contributed by atoms with van der Waals surface area (Å²) in [7, 11) is 0. The van der Waals surface area contributed by atoms with E-state index in [1.807, 2.05) is 18.2 Å². The number of unbranched alkanes of at least 4 members (excludes halogenated alkanes) is 2. The average Bonchev–Trinajstić information content (AvgIpc) is 2.99. The van der Waals surface area contributed by atoms with Crippen LogP contribution in [0.15, 0.2) is 30.3 Å². The Labute approximate surface area is 130 Å². The molecule has 1 saturated carbocycles. The molecule has 0 unspecified atom stereocenters. The summed E-state index contributed by atoms with van der Waals surface area (Å²) in [5, 5.41) is 1.02. The van der Waals surface area contributed by atoms with E-state index in [9.17, 15) is 4.79 Å². The Hall–Kier alpha value is -0.830. The van der Waals surface area contributed by atoms with Crippen molar-refractivity contribution >= 4 is 21.9 Å². The van der Waals surface area contributed by atoms with E-state index in [0.717, 1.165) is 55.8 Å². The SMILES string of the molecule is O=C(OCCCCCBr)C1(c2ccccc2)CCCC1. The van der Waals surface area contributed by atoms with Gasteiger partial charge in [0.05, 0.1) is 12.0 Å². The number of carbonyl (C=O) groups is 1. The molecule has 0 heterocycles. The van der Waals surface area contributed by atoms with Crippen LogP contribution in [0.2, 0.25) is 0 Å². The third-order valence-corrected chi connectivity index (χ3v) is 4.75. The lowest BCUT2D eigenvalue weighted by molar-refractivity contribution is -0.150. The van der Waals surface area contributed by atoms with Gasteiger partial charge in [-0.25, -0.2) is 0 Å². The van der Waals surface area contributed by atoms with Crippen LogP contribution in [-0.2, 0) is 14.9 Å². The van der Waals surface area contributed by atoms with Gasteiger partial charge in [0, 0.05) is 5.33 Å². The zero-order chi connectivity index (χ0) is 14.3. The van der Waals surface area contributed by atoms with Crippen molar-refractivity contribution in [2.75, 3.05) is 11.9 Å². The molecule has 0 aromatic heterocycles. The van der Waals surface area contributed by atoms with Crippen LogP contribution in [0, 0.1) is 0 Å². The molecular weight excluding hydrogens is 316 g/mol. The number of hydrogen-bond donors (Lipinski definition) is 0. The summed E-state index contributed by atoms with van der Waals surface area (Å²) in [6.45, 7) is 0.556. The van der Waals surface area contributed by atoms with Gasteiger partial charge in [-0.2, -0.15) is 0 Å². The van der Waals surface area contributed by atoms with Gasteiger partial charge in [-0.1, -0.05) is 59.1 Å². The fourth-order valence-electron chi connectivity index (χ4n) is 3.02. The molecule has 2 rings (SSSR count).